The number of rotatable bonds is 3. The summed E-state index contributed by atoms with van der Waals surface area (Å²) in [4.78, 5) is 11.3. The van der Waals surface area contributed by atoms with Gasteiger partial charge >= 0.3 is 0 Å². The molecule has 0 radical (unpaired) electrons. The zero-order chi connectivity index (χ0) is 14.8. The van der Waals surface area contributed by atoms with Gasteiger partial charge in [-0.15, -0.1) is 0 Å². The van der Waals surface area contributed by atoms with Crippen molar-refractivity contribution in [2.45, 2.75) is 13.8 Å². The highest BCUT2D eigenvalue weighted by molar-refractivity contribution is 5.85. The molecule has 0 atom stereocenters. The lowest BCUT2D eigenvalue weighted by atomic mass is 10.1. The van der Waals surface area contributed by atoms with Crippen molar-refractivity contribution in [3.8, 4) is 16.9 Å². The van der Waals surface area contributed by atoms with E-state index >= 15 is 0 Å². The van der Waals surface area contributed by atoms with E-state index in [2.05, 4.69) is 37.1 Å². The quantitative estimate of drug-likeness (QED) is 0.678. The van der Waals surface area contributed by atoms with E-state index < -0.39 is 0 Å². The Kier molecular flexibility index (Phi) is 3.40. The van der Waals surface area contributed by atoms with Crippen LogP contribution in [-0.4, -0.2) is 16.1 Å². The first-order valence-electron chi connectivity index (χ1n) is 6.86. The van der Waals surface area contributed by atoms with E-state index in [1.54, 1.807) is 10.9 Å². The van der Waals surface area contributed by atoms with Crippen LogP contribution in [0, 0.1) is 13.8 Å². The molecule has 0 N–H and O–H groups in total. The molecule has 0 bridgehead atoms. The molecule has 0 saturated carbocycles. The minimum absolute atomic E-state index is 0.598. The first-order chi connectivity index (χ1) is 10.2. The lowest BCUT2D eigenvalue weighted by Gasteiger charge is -2.04. The number of aldehydes is 1. The minimum atomic E-state index is 0.598. The highest BCUT2D eigenvalue weighted by atomic mass is 16.1. The number of hydrogen-bond donors (Lipinski definition) is 0. The fourth-order valence-electron chi connectivity index (χ4n) is 2.51. The molecule has 0 unspecified atom stereocenters. The van der Waals surface area contributed by atoms with Crippen molar-refractivity contribution in [1.82, 2.24) is 9.78 Å². The summed E-state index contributed by atoms with van der Waals surface area (Å²) in [5.41, 5.74) is 5.58. The van der Waals surface area contributed by atoms with Gasteiger partial charge in [-0.1, -0.05) is 36.4 Å². The molecule has 1 heterocycles. The standard InChI is InChI=1S/C18H16N2O/c1-13-8-14(2)10-17(9-13)20-11-16(12-21)18(19-20)15-6-4-3-5-7-15/h3-12H,1-2H3. The van der Waals surface area contributed by atoms with Gasteiger partial charge in [0.2, 0.25) is 0 Å². The molecule has 0 saturated heterocycles. The molecule has 0 spiro atoms. The van der Waals surface area contributed by atoms with Crippen molar-refractivity contribution in [2.24, 2.45) is 0 Å². The average molecular weight is 276 g/mol. The Morgan fingerprint density at radius 2 is 1.67 bits per heavy atom. The normalized spacial score (nSPS) is 10.6. The van der Waals surface area contributed by atoms with E-state index in [0.717, 1.165) is 17.5 Å². The molecule has 0 aliphatic carbocycles. The van der Waals surface area contributed by atoms with Gasteiger partial charge in [-0.25, -0.2) is 4.68 Å². The SMILES string of the molecule is Cc1cc(C)cc(-n2cc(C=O)c(-c3ccccc3)n2)c1. The molecule has 0 amide bonds. The zero-order valence-electron chi connectivity index (χ0n) is 12.1. The van der Waals surface area contributed by atoms with Crippen LogP contribution < -0.4 is 0 Å². The van der Waals surface area contributed by atoms with Gasteiger partial charge in [0.15, 0.2) is 6.29 Å². The fraction of sp³-hybridized carbons (Fsp3) is 0.111. The first-order valence-corrected chi connectivity index (χ1v) is 6.86. The molecule has 3 rings (SSSR count). The summed E-state index contributed by atoms with van der Waals surface area (Å²) >= 11 is 0. The van der Waals surface area contributed by atoms with E-state index in [0.29, 0.717) is 11.3 Å². The number of hydrogen-bond acceptors (Lipinski definition) is 2. The average Bonchev–Trinajstić information content (AvgIpc) is 2.91. The van der Waals surface area contributed by atoms with E-state index in [1.807, 2.05) is 30.3 Å². The lowest BCUT2D eigenvalue weighted by molar-refractivity contribution is 0.112. The molecule has 2 aromatic carbocycles. The number of benzene rings is 2. The van der Waals surface area contributed by atoms with Gasteiger partial charge in [-0.3, -0.25) is 4.79 Å². The summed E-state index contributed by atoms with van der Waals surface area (Å²) in [6.45, 7) is 4.11. The van der Waals surface area contributed by atoms with Crippen LogP contribution in [-0.2, 0) is 0 Å². The molecule has 3 aromatic rings. The van der Waals surface area contributed by atoms with Crippen LogP contribution in [0.3, 0.4) is 0 Å². The third kappa shape index (κ3) is 2.63. The van der Waals surface area contributed by atoms with Crippen molar-refractivity contribution < 1.29 is 4.79 Å². The Labute approximate surface area is 123 Å². The Balaban J connectivity index is 2.13. The van der Waals surface area contributed by atoms with Gasteiger partial charge in [0.05, 0.1) is 11.3 Å². The third-order valence-electron chi connectivity index (χ3n) is 3.39. The zero-order valence-corrected chi connectivity index (χ0v) is 12.1. The summed E-state index contributed by atoms with van der Waals surface area (Å²) in [6.07, 6.45) is 2.64. The maximum atomic E-state index is 11.3. The van der Waals surface area contributed by atoms with Crippen molar-refractivity contribution in [3.63, 3.8) is 0 Å². The van der Waals surface area contributed by atoms with Gasteiger partial charge in [0.25, 0.3) is 0 Å². The maximum Gasteiger partial charge on any atom is 0.153 e. The topological polar surface area (TPSA) is 34.9 Å². The van der Waals surface area contributed by atoms with E-state index in [1.165, 1.54) is 11.1 Å². The third-order valence-corrected chi connectivity index (χ3v) is 3.39. The van der Waals surface area contributed by atoms with Crippen molar-refractivity contribution in [2.75, 3.05) is 0 Å². The minimum Gasteiger partial charge on any atom is -0.298 e. The van der Waals surface area contributed by atoms with Crippen LogP contribution in [0.25, 0.3) is 16.9 Å². The first kappa shape index (κ1) is 13.3. The van der Waals surface area contributed by atoms with Gasteiger partial charge in [-0.2, -0.15) is 5.10 Å². The Hall–Kier alpha value is -2.68. The Morgan fingerprint density at radius 1 is 1.00 bits per heavy atom. The molecule has 0 aliphatic rings. The van der Waals surface area contributed by atoms with Crippen molar-refractivity contribution in [1.29, 1.82) is 0 Å². The summed E-state index contributed by atoms with van der Waals surface area (Å²) < 4.78 is 1.77. The second-order valence-electron chi connectivity index (χ2n) is 5.21. The molecular weight excluding hydrogens is 260 g/mol. The molecule has 3 heteroatoms. The van der Waals surface area contributed by atoms with Crippen molar-refractivity contribution >= 4 is 6.29 Å². The monoisotopic (exact) mass is 276 g/mol. The summed E-state index contributed by atoms with van der Waals surface area (Å²) in [6, 6.07) is 16.0. The highest BCUT2D eigenvalue weighted by Gasteiger charge is 2.11. The van der Waals surface area contributed by atoms with Crippen LogP contribution >= 0.6 is 0 Å². The number of nitrogens with zero attached hydrogens (tertiary/aromatic N) is 2. The summed E-state index contributed by atoms with van der Waals surface area (Å²) in [5.74, 6) is 0. The molecule has 104 valence electrons. The van der Waals surface area contributed by atoms with Gasteiger partial charge in [0, 0.05) is 11.8 Å². The molecule has 3 nitrogen and oxygen atoms in total. The molecule has 0 aliphatic heterocycles. The number of aromatic nitrogens is 2. The Morgan fingerprint density at radius 3 is 2.29 bits per heavy atom. The second-order valence-corrected chi connectivity index (χ2v) is 5.21. The summed E-state index contributed by atoms with van der Waals surface area (Å²) in [5, 5.41) is 4.59. The Bertz CT molecular complexity index is 768. The van der Waals surface area contributed by atoms with Crippen LogP contribution in [0.5, 0.6) is 0 Å². The predicted molar refractivity (Wildman–Crippen MR) is 83.9 cm³/mol. The lowest BCUT2D eigenvalue weighted by Crippen LogP contribution is -1.96. The smallest absolute Gasteiger partial charge is 0.153 e. The van der Waals surface area contributed by atoms with E-state index in [-0.39, 0.29) is 0 Å². The molecule has 21 heavy (non-hydrogen) atoms. The van der Waals surface area contributed by atoms with Crippen LogP contribution in [0.4, 0.5) is 0 Å². The fourth-order valence-corrected chi connectivity index (χ4v) is 2.51. The van der Waals surface area contributed by atoms with E-state index in [4.69, 9.17) is 0 Å². The predicted octanol–water partition coefficient (Wildman–Crippen LogP) is 3.97. The van der Waals surface area contributed by atoms with Crippen molar-refractivity contribution in [3.05, 3.63) is 71.4 Å². The van der Waals surface area contributed by atoms with Gasteiger partial charge in [0.1, 0.15) is 5.69 Å². The number of carbonyl (C=O) groups excluding carboxylic acids is 1. The molecule has 0 fully saturated rings. The molecule has 1 aromatic heterocycles. The van der Waals surface area contributed by atoms with E-state index in [9.17, 15) is 4.79 Å². The molecular formula is C18H16N2O. The largest absolute Gasteiger partial charge is 0.298 e. The summed E-state index contributed by atoms with van der Waals surface area (Å²) in [7, 11) is 0. The second kappa shape index (κ2) is 5.37. The number of aryl methyl sites for hydroxylation is 2. The van der Waals surface area contributed by atoms with Gasteiger partial charge in [-0.05, 0) is 37.1 Å². The van der Waals surface area contributed by atoms with Crippen LogP contribution in [0.1, 0.15) is 21.5 Å². The highest BCUT2D eigenvalue weighted by Crippen LogP contribution is 2.23. The van der Waals surface area contributed by atoms with Crippen LogP contribution in [0.2, 0.25) is 0 Å². The van der Waals surface area contributed by atoms with Gasteiger partial charge < -0.3 is 0 Å². The maximum absolute atomic E-state index is 11.3. The van der Waals surface area contributed by atoms with Crippen LogP contribution in [0.15, 0.2) is 54.7 Å². The number of carbonyl (C=O) groups is 1.